The number of hydrogen-bond acceptors (Lipinski definition) is 7. The molecule has 0 aliphatic carbocycles. The van der Waals surface area contributed by atoms with Gasteiger partial charge < -0.3 is 19.5 Å². The van der Waals surface area contributed by atoms with Gasteiger partial charge in [0.1, 0.15) is 5.82 Å². The van der Waals surface area contributed by atoms with E-state index in [1.54, 1.807) is 18.2 Å². The van der Waals surface area contributed by atoms with E-state index in [-0.39, 0.29) is 4.90 Å². The van der Waals surface area contributed by atoms with Crippen molar-refractivity contribution < 1.29 is 31.8 Å². The molecule has 0 bridgehead atoms. The molecule has 0 saturated heterocycles. The largest absolute Gasteiger partial charge is 0.493 e. The van der Waals surface area contributed by atoms with E-state index in [4.69, 9.17) is 9.47 Å². The second-order valence-corrected chi connectivity index (χ2v) is 7.09. The fourth-order valence-corrected chi connectivity index (χ4v) is 3.43. The lowest BCUT2D eigenvalue weighted by molar-refractivity contribution is -0.135. The highest BCUT2D eigenvalue weighted by atomic mass is 32.2. The number of esters is 1. The van der Waals surface area contributed by atoms with Crippen LogP contribution in [0.1, 0.15) is 0 Å². The molecule has 2 aromatic rings. The Morgan fingerprint density at radius 3 is 2.19 bits per heavy atom. The molecule has 0 heterocycles. The maximum atomic E-state index is 13.1. The van der Waals surface area contributed by atoms with Crippen molar-refractivity contribution in [2.75, 3.05) is 26.6 Å². The third-order valence-electron chi connectivity index (χ3n) is 3.55. The monoisotopic (exact) mass is 395 g/mol. The smallest absolute Gasteiger partial charge is 0.351 e. The van der Waals surface area contributed by atoms with Crippen LogP contribution in [0, 0.1) is 5.82 Å². The van der Waals surface area contributed by atoms with Gasteiger partial charge in [-0.2, -0.15) is 0 Å². The van der Waals surface area contributed by atoms with Gasteiger partial charge in [-0.25, -0.2) is 17.6 Å². The number of nitrogens with one attached hydrogen (secondary N) is 1. The van der Waals surface area contributed by atoms with Crippen LogP contribution in [0.5, 0.6) is 11.5 Å². The van der Waals surface area contributed by atoms with Crippen molar-refractivity contribution in [1.82, 2.24) is 0 Å². The third-order valence-corrected chi connectivity index (χ3v) is 5.31. The van der Waals surface area contributed by atoms with E-state index < -0.39 is 26.5 Å². The zero-order valence-electron chi connectivity index (χ0n) is 14.9. The van der Waals surface area contributed by atoms with Crippen LogP contribution in [0.4, 0.5) is 10.1 Å². The van der Waals surface area contributed by atoms with E-state index >= 15 is 0 Å². The molecule has 7 nitrogen and oxygen atoms in total. The highest BCUT2D eigenvalue weighted by Crippen LogP contribution is 2.30. The number of carbonyl (C=O) groups is 1. The number of hydrogen-bond donors (Lipinski definition) is 1. The predicted molar refractivity (Wildman–Crippen MR) is 96.9 cm³/mol. The van der Waals surface area contributed by atoms with E-state index in [0.717, 1.165) is 37.6 Å². The summed E-state index contributed by atoms with van der Waals surface area (Å²) < 4.78 is 53.4. The summed E-state index contributed by atoms with van der Waals surface area (Å²) in [4.78, 5) is 11.1. The molecule has 2 aromatic carbocycles. The molecule has 0 atom stereocenters. The zero-order chi connectivity index (χ0) is 20.0. The van der Waals surface area contributed by atoms with Gasteiger partial charge in [0.25, 0.3) is 0 Å². The Labute approximate surface area is 156 Å². The summed E-state index contributed by atoms with van der Waals surface area (Å²) in [5.41, 5.74) is 0.448. The number of carbonyl (C=O) groups excluding carboxylic acids is 1. The highest BCUT2D eigenvalue weighted by Gasteiger charge is 2.28. The normalized spacial score (nSPS) is 11.6. The van der Waals surface area contributed by atoms with Crippen molar-refractivity contribution in [3.05, 3.63) is 59.4 Å². The van der Waals surface area contributed by atoms with Crippen molar-refractivity contribution in [3.8, 4) is 11.5 Å². The molecule has 1 N–H and O–H groups in total. The summed E-state index contributed by atoms with van der Waals surface area (Å²) in [6.07, 6.45) is 1.01. The Kier molecular flexibility index (Phi) is 6.40. The average Bonchev–Trinajstić information content (AvgIpc) is 2.67. The highest BCUT2D eigenvalue weighted by molar-refractivity contribution is 7.96. The molecule has 0 saturated carbocycles. The standard InChI is InChI=1S/C18H18FNO6S/c1-24-15-9-6-13(10-16(15)25-2)20-11-17(18(21)26-3)27(22,23)14-7-4-12(19)5-8-14/h4-11,20H,1-3H3/b17-11+. The third kappa shape index (κ3) is 4.56. The molecule has 0 aliphatic heterocycles. The minimum absolute atomic E-state index is 0.241. The molecule has 2 rings (SSSR count). The van der Waals surface area contributed by atoms with Gasteiger partial charge in [-0.15, -0.1) is 0 Å². The Morgan fingerprint density at radius 2 is 1.63 bits per heavy atom. The molecule has 144 valence electrons. The van der Waals surface area contributed by atoms with Crippen LogP contribution in [-0.2, 0) is 19.4 Å². The number of rotatable bonds is 7. The lowest BCUT2D eigenvalue weighted by Crippen LogP contribution is -2.17. The second-order valence-electron chi connectivity index (χ2n) is 5.17. The van der Waals surface area contributed by atoms with Crippen molar-refractivity contribution >= 4 is 21.5 Å². The number of methoxy groups -OCH3 is 3. The lowest BCUT2D eigenvalue weighted by Gasteiger charge is -2.11. The Balaban J connectivity index is 2.42. The van der Waals surface area contributed by atoms with Gasteiger partial charge >= 0.3 is 5.97 Å². The molecule has 0 unspecified atom stereocenters. The molecule has 0 aliphatic rings. The Bertz CT molecular complexity index is 954. The quantitative estimate of drug-likeness (QED) is 0.438. The first kappa shape index (κ1) is 20.2. The maximum absolute atomic E-state index is 13.1. The molecule has 0 radical (unpaired) electrons. The number of ether oxygens (including phenoxy) is 3. The van der Waals surface area contributed by atoms with Crippen LogP contribution in [0.2, 0.25) is 0 Å². The van der Waals surface area contributed by atoms with Gasteiger partial charge in [0.05, 0.1) is 26.2 Å². The second kappa shape index (κ2) is 8.54. The summed E-state index contributed by atoms with van der Waals surface area (Å²) in [6, 6.07) is 8.90. The number of halogens is 1. The van der Waals surface area contributed by atoms with Gasteiger partial charge in [0, 0.05) is 18.0 Å². The number of anilines is 1. The zero-order valence-corrected chi connectivity index (χ0v) is 15.7. The fourth-order valence-electron chi connectivity index (χ4n) is 2.16. The van der Waals surface area contributed by atoms with Gasteiger partial charge in [-0.1, -0.05) is 0 Å². The summed E-state index contributed by atoms with van der Waals surface area (Å²) in [5.74, 6) is -0.760. The molecule has 0 spiro atoms. The van der Waals surface area contributed by atoms with Gasteiger partial charge in [0.15, 0.2) is 16.4 Å². The minimum Gasteiger partial charge on any atom is -0.493 e. The van der Waals surface area contributed by atoms with E-state index in [2.05, 4.69) is 10.1 Å². The van der Waals surface area contributed by atoms with Crippen LogP contribution >= 0.6 is 0 Å². The fraction of sp³-hybridized carbons (Fsp3) is 0.167. The van der Waals surface area contributed by atoms with E-state index in [1.165, 1.54) is 14.2 Å². The molecular formula is C18H18FNO6S. The first-order valence-electron chi connectivity index (χ1n) is 7.61. The van der Waals surface area contributed by atoms with Crippen molar-refractivity contribution in [3.63, 3.8) is 0 Å². The molecule has 0 aromatic heterocycles. The summed E-state index contributed by atoms with van der Waals surface area (Å²) in [7, 11) is -0.228. The summed E-state index contributed by atoms with van der Waals surface area (Å²) in [6.45, 7) is 0. The molecule has 9 heteroatoms. The molecule has 27 heavy (non-hydrogen) atoms. The molecular weight excluding hydrogens is 377 g/mol. The van der Waals surface area contributed by atoms with Crippen LogP contribution in [-0.4, -0.2) is 35.7 Å². The van der Waals surface area contributed by atoms with Crippen LogP contribution in [0.15, 0.2) is 58.5 Å². The van der Waals surface area contributed by atoms with Crippen molar-refractivity contribution in [2.45, 2.75) is 4.90 Å². The van der Waals surface area contributed by atoms with Crippen LogP contribution in [0.3, 0.4) is 0 Å². The lowest BCUT2D eigenvalue weighted by atomic mass is 10.3. The summed E-state index contributed by atoms with van der Waals surface area (Å²) >= 11 is 0. The van der Waals surface area contributed by atoms with Gasteiger partial charge in [-0.05, 0) is 36.4 Å². The number of benzene rings is 2. The topological polar surface area (TPSA) is 90.9 Å². The predicted octanol–water partition coefficient (Wildman–Crippen LogP) is 2.74. The average molecular weight is 395 g/mol. The van der Waals surface area contributed by atoms with Gasteiger partial charge in [0.2, 0.25) is 9.84 Å². The van der Waals surface area contributed by atoms with E-state index in [0.29, 0.717) is 17.2 Å². The van der Waals surface area contributed by atoms with E-state index in [9.17, 15) is 17.6 Å². The van der Waals surface area contributed by atoms with Gasteiger partial charge in [-0.3, -0.25) is 0 Å². The van der Waals surface area contributed by atoms with Crippen molar-refractivity contribution in [1.29, 1.82) is 0 Å². The van der Waals surface area contributed by atoms with E-state index in [1.807, 2.05) is 0 Å². The Hall–Kier alpha value is -3.07. The van der Waals surface area contributed by atoms with Crippen LogP contribution < -0.4 is 14.8 Å². The maximum Gasteiger partial charge on any atom is 0.351 e. The first-order chi connectivity index (χ1) is 12.8. The SMILES string of the molecule is COC(=O)/C(=C\Nc1ccc(OC)c(OC)c1)S(=O)(=O)c1ccc(F)cc1. The van der Waals surface area contributed by atoms with Crippen LogP contribution in [0.25, 0.3) is 0 Å². The molecule has 0 amide bonds. The minimum atomic E-state index is -4.23. The summed E-state index contributed by atoms with van der Waals surface area (Å²) in [5, 5.41) is 2.72. The molecule has 0 fully saturated rings. The Morgan fingerprint density at radius 1 is 1.00 bits per heavy atom. The van der Waals surface area contributed by atoms with Crippen molar-refractivity contribution in [2.24, 2.45) is 0 Å². The number of sulfone groups is 1. The first-order valence-corrected chi connectivity index (χ1v) is 9.09.